The van der Waals surface area contributed by atoms with Gasteiger partial charge in [-0.25, -0.2) is 0 Å². The smallest absolute Gasteiger partial charge is 0.237 e. The summed E-state index contributed by atoms with van der Waals surface area (Å²) in [5.74, 6) is 0.213. The number of carbonyl (C=O) groups is 1. The average Bonchev–Trinajstić information content (AvgIpc) is 3.07. The van der Waals surface area contributed by atoms with Crippen molar-refractivity contribution < 1.29 is 4.79 Å². The van der Waals surface area contributed by atoms with Gasteiger partial charge in [0.05, 0.1) is 6.04 Å². The van der Waals surface area contributed by atoms with Gasteiger partial charge in [0.15, 0.2) is 0 Å². The van der Waals surface area contributed by atoms with Gasteiger partial charge in [0.25, 0.3) is 0 Å². The molecule has 1 fully saturated rings. The summed E-state index contributed by atoms with van der Waals surface area (Å²) < 4.78 is 0. The highest BCUT2D eigenvalue weighted by atomic mass is 32.1. The van der Waals surface area contributed by atoms with Crippen LogP contribution >= 0.6 is 11.3 Å². The highest BCUT2D eigenvalue weighted by molar-refractivity contribution is 7.10. The highest BCUT2D eigenvalue weighted by Gasteiger charge is 2.27. The lowest BCUT2D eigenvalue weighted by molar-refractivity contribution is -0.126. The molecule has 19 heavy (non-hydrogen) atoms. The van der Waals surface area contributed by atoms with E-state index in [0.717, 1.165) is 32.4 Å². The van der Waals surface area contributed by atoms with E-state index in [1.807, 2.05) is 18.3 Å². The van der Waals surface area contributed by atoms with Crippen molar-refractivity contribution in [1.82, 2.24) is 10.2 Å². The van der Waals surface area contributed by atoms with Gasteiger partial charge in [-0.2, -0.15) is 0 Å². The minimum Gasteiger partial charge on any atom is -0.352 e. The average molecular weight is 278 g/mol. The summed E-state index contributed by atoms with van der Waals surface area (Å²) in [5, 5.41) is 5.38. The number of nitrogens with one attached hydrogen (secondary N) is 1. The van der Waals surface area contributed by atoms with E-state index < -0.39 is 0 Å². The Balaban J connectivity index is 1.58. The molecule has 0 unspecified atom stereocenters. The van der Waals surface area contributed by atoms with Gasteiger partial charge in [-0.3, -0.25) is 9.69 Å². The van der Waals surface area contributed by atoms with E-state index in [1.54, 1.807) is 0 Å². The third-order valence-corrected chi connectivity index (χ3v) is 5.49. The quantitative estimate of drug-likeness (QED) is 0.921. The minimum absolute atomic E-state index is 0.00588. The topological polar surface area (TPSA) is 32.3 Å². The van der Waals surface area contributed by atoms with Crippen LogP contribution in [0.5, 0.6) is 0 Å². The van der Waals surface area contributed by atoms with Crippen LogP contribution in [0, 0.1) is 0 Å². The van der Waals surface area contributed by atoms with Gasteiger partial charge in [-0.05, 0) is 43.2 Å². The van der Waals surface area contributed by atoms with Crippen LogP contribution in [0.25, 0.3) is 0 Å². The lowest BCUT2D eigenvalue weighted by atomic mass is 10.1. The van der Waals surface area contributed by atoms with Gasteiger partial charge in [0.2, 0.25) is 5.91 Å². The molecule has 3 nitrogen and oxygen atoms in total. The monoisotopic (exact) mass is 278 g/mol. The molecular formula is C15H22N2OS. The maximum atomic E-state index is 12.3. The van der Waals surface area contributed by atoms with Gasteiger partial charge in [0.1, 0.15) is 0 Å². The van der Waals surface area contributed by atoms with Crippen molar-refractivity contribution in [3.8, 4) is 0 Å². The molecule has 1 aromatic heterocycles. The fourth-order valence-electron chi connectivity index (χ4n) is 3.16. The Labute approximate surface area is 119 Å². The number of rotatable bonds is 3. The van der Waals surface area contributed by atoms with E-state index in [2.05, 4.69) is 21.7 Å². The Kier molecular flexibility index (Phi) is 3.89. The lowest BCUT2D eigenvalue weighted by Gasteiger charge is -2.32. The standard InChI is InChI=1S/C15H22N2OS/c1-11(15(18)16-13-4-2-3-5-13)17-8-6-14-12(10-17)7-9-19-14/h7,9,11,13H,2-6,8,10H2,1H3,(H,16,18)/t11-/m0/s1. The summed E-state index contributed by atoms with van der Waals surface area (Å²) in [5.41, 5.74) is 1.41. The van der Waals surface area contributed by atoms with E-state index in [4.69, 9.17) is 0 Å². The second-order valence-electron chi connectivity index (χ2n) is 5.76. The van der Waals surface area contributed by atoms with Gasteiger partial charge < -0.3 is 5.32 Å². The molecule has 1 atom stereocenters. The molecule has 1 aromatic rings. The Bertz CT molecular complexity index is 451. The molecule has 104 valence electrons. The molecule has 1 saturated carbocycles. The first-order chi connectivity index (χ1) is 9.24. The summed E-state index contributed by atoms with van der Waals surface area (Å²) in [6.07, 6.45) is 5.94. The fraction of sp³-hybridized carbons (Fsp3) is 0.667. The largest absolute Gasteiger partial charge is 0.352 e. The normalized spacial score (nSPS) is 22.2. The molecule has 0 bridgehead atoms. The maximum absolute atomic E-state index is 12.3. The summed E-state index contributed by atoms with van der Waals surface area (Å²) in [6.45, 7) is 3.98. The molecule has 3 rings (SSSR count). The van der Waals surface area contributed by atoms with Crippen molar-refractivity contribution in [2.75, 3.05) is 6.54 Å². The molecule has 2 aliphatic rings. The van der Waals surface area contributed by atoms with Crippen LogP contribution in [0.15, 0.2) is 11.4 Å². The van der Waals surface area contributed by atoms with E-state index >= 15 is 0 Å². The van der Waals surface area contributed by atoms with Crippen molar-refractivity contribution >= 4 is 17.2 Å². The van der Waals surface area contributed by atoms with Crippen LogP contribution in [0.2, 0.25) is 0 Å². The van der Waals surface area contributed by atoms with E-state index in [0.29, 0.717) is 6.04 Å². The Hall–Kier alpha value is -0.870. The molecule has 0 spiro atoms. The molecular weight excluding hydrogens is 256 g/mol. The summed E-state index contributed by atoms with van der Waals surface area (Å²) in [4.78, 5) is 16.1. The van der Waals surface area contributed by atoms with Crippen molar-refractivity contribution in [3.05, 3.63) is 21.9 Å². The first-order valence-electron chi connectivity index (χ1n) is 7.33. The second-order valence-corrected chi connectivity index (χ2v) is 6.76. The van der Waals surface area contributed by atoms with Crippen LogP contribution in [-0.2, 0) is 17.8 Å². The Morgan fingerprint density at radius 3 is 3.05 bits per heavy atom. The molecule has 4 heteroatoms. The van der Waals surface area contributed by atoms with Crippen LogP contribution in [-0.4, -0.2) is 29.4 Å². The number of carbonyl (C=O) groups excluding carboxylic acids is 1. The second kappa shape index (κ2) is 5.63. The summed E-state index contributed by atoms with van der Waals surface area (Å²) >= 11 is 1.85. The van der Waals surface area contributed by atoms with Crippen molar-refractivity contribution in [3.63, 3.8) is 0 Å². The number of hydrogen-bond donors (Lipinski definition) is 1. The zero-order valence-corrected chi connectivity index (χ0v) is 12.3. The zero-order chi connectivity index (χ0) is 13.2. The zero-order valence-electron chi connectivity index (χ0n) is 11.5. The fourth-order valence-corrected chi connectivity index (χ4v) is 4.05. The molecule has 2 heterocycles. The molecule has 1 amide bonds. The van der Waals surface area contributed by atoms with Crippen molar-refractivity contribution in [2.24, 2.45) is 0 Å². The lowest BCUT2D eigenvalue weighted by Crippen LogP contribution is -2.48. The molecule has 1 aliphatic heterocycles. The molecule has 0 radical (unpaired) electrons. The molecule has 0 saturated heterocycles. The van der Waals surface area contributed by atoms with Gasteiger partial charge in [-0.1, -0.05) is 12.8 Å². The van der Waals surface area contributed by atoms with Gasteiger partial charge in [-0.15, -0.1) is 11.3 Å². The first kappa shape index (κ1) is 13.1. The third kappa shape index (κ3) is 2.84. The van der Waals surface area contributed by atoms with Crippen molar-refractivity contribution in [2.45, 2.75) is 57.7 Å². The number of hydrogen-bond acceptors (Lipinski definition) is 3. The molecule has 0 aromatic carbocycles. The predicted molar refractivity (Wildman–Crippen MR) is 78.3 cm³/mol. The van der Waals surface area contributed by atoms with Crippen LogP contribution in [0.3, 0.4) is 0 Å². The van der Waals surface area contributed by atoms with Crippen LogP contribution < -0.4 is 5.32 Å². The first-order valence-corrected chi connectivity index (χ1v) is 8.21. The number of nitrogens with zero attached hydrogens (tertiary/aromatic N) is 1. The van der Waals surface area contributed by atoms with Gasteiger partial charge >= 0.3 is 0 Å². The van der Waals surface area contributed by atoms with E-state index in [-0.39, 0.29) is 11.9 Å². The maximum Gasteiger partial charge on any atom is 0.237 e. The van der Waals surface area contributed by atoms with E-state index in [1.165, 1.54) is 23.3 Å². The van der Waals surface area contributed by atoms with E-state index in [9.17, 15) is 4.79 Å². The van der Waals surface area contributed by atoms with Gasteiger partial charge in [0, 0.05) is 24.0 Å². The third-order valence-electron chi connectivity index (χ3n) is 4.47. The summed E-state index contributed by atoms with van der Waals surface area (Å²) in [7, 11) is 0. The SMILES string of the molecule is C[C@@H](C(=O)NC1CCCC1)N1CCc2sccc2C1. The molecule has 1 N–H and O–H groups in total. The molecule has 1 aliphatic carbocycles. The number of amides is 1. The van der Waals surface area contributed by atoms with Crippen molar-refractivity contribution in [1.29, 1.82) is 0 Å². The Morgan fingerprint density at radius 1 is 1.47 bits per heavy atom. The highest BCUT2D eigenvalue weighted by Crippen LogP contribution is 2.25. The minimum atomic E-state index is -0.00588. The van der Waals surface area contributed by atoms with Crippen LogP contribution in [0.4, 0.5) is 0 Å². The summed E-state index contributed by atoms with van der Waals surface area (Å²) in [6, 6.07) is 2.62. The number of thiophene rings is 1. The van der Waals surface area contributed by atoms with Crippen LogP contribution in [0.1, 0.15) is 43.0 Å². The number of fused-ring (bicyclic) bond motifs is 1. The Morgan fingerprint density at radius 2 is 2.26 bits per heavy atom. The predicted octanol–water partition coefficient (Wildman–Crippen LogP) is 2.55.